The molecule has 2 saturated heterocycles. The van der Waals surface area contributed by atoms with E-state index < -0.39 is 0 Å². The summed E-state index contributed by atoms with van der Waals surface area (Å²) in [5.74, 6) is 1.72. The maximum Gasteiger partial charge on any atom is 0.137 e. The van der Waals surface area contributed by atoms with E-state index in [1.54, 1.807) is 11.3 Å². The Hall–Kier alpha value is -1.31. The fourth-order valence-corrected chi connectivity index (χ4v) is 5.68. The summed E-state index contributed by atoms with van der Waals surface area (Å²) in [7, 11) is 2.26. The predicted molar refractivity (Wildman–Crippen MR) is 104 cm³/mol. The number of nitrogens with zero attached hydrogens (tertiary/aromatic N) is 6. The van der Waals surface area contributed by atoms with Crippen LogP contribution in [0.5, 0.6) is 0 Å². The number of piperidine rings is 1. The van der Waals surface area contributed by atoms with Gasteiger partial charge in [-0.05, 0) is 51.7 Å². The first-order valence-electron chi connectivity index (χ1n) is 9.79. The third-order valence-electron chi connectivity index (χ3n) is 6.30. The van der Waals surface area contributed by atoms with E-state index in [2.05, 4.69) is 50.4 Å². The zero-order valence-electron chi connectivity index (χ0n) is 16.2. The van der Waals surface area contributed by atoms with Crippen LogP contribution in [0.25, 0.3) is 0 Å². The van der Waals surface area contributed by atoms with Gasteiger partial charge in [-0.1, -0.05) is 6.92 Å². The molecule has 26 heavy (non-hydrogen) atoms. The van der Waals surface area contributed by atoms with Gasteiger partial charge in [0.05, 0.1) is 11.2 Å². The standard InChI is InChI=1S/C19H30N6S/c1-4-7-25-13-21-22-18(25)16-10-23(3)12-19(16)5-8-24(9-6-19)11-17-15(2)20-14-26-17/h13-14,16H,4-12H2,1-3H3. The molecular weight excluding hydrogens is 344 g/mol. The highest BCUT2D eigenvalue weighted by atomic mass is 32.1. The Balaban J connectivity index is 1.48. The van der Waals surface area contributed by atoms with Gasteiger partial charge in [0.25, 0.3) is 0 Å². The summed E-state index contributed by atoms with van der Waals surface area (Å²) in [5, 5.41) is 8.80. The molecule has 0 aliphatic carbocycles. The molecule has 0 amide bonds. The molecule has 2 aliphatic heterocycles. The first-order chi connectivity index (χ1) is 12.6. The molecule has 6 nitrogen and oxygen atoms in total. The van der Waals surface area contributed by atoms with Crippen LogP contribution < -0.4 is 0 Å². The van der Waals surface area contributed by atoms with Gasteiger partial charge in [0.15, 0.2) is 0 Å². The van der Waals surface area contributed by atoms with E-state index in [0.29, 0.717) is 11.3 Å². The zero-order chi connectivity index (χ0) is 18.1. The Morgan fingerprint density at radius 1 is 1.31 bits per heavy atom. The van der Waals surface area contributed by atoms with Crippen molar-refractivity contribution in [3.8, 4) is 0 Å². The Kier molecular flexibility index (Phi) is 5.12. The molecule has 1 unspecified atom stereocenters. The predicted octanol–water partition coefficient (Wildman–Crippen LogP) is 2.76. The lowest BCUT2D eigenvalue weighted by Crippen LogP contribution is -2.43. The Morgan fingerprint density at radius 2 is 2.12 bits per heavy atom. The third kappa shape index (κ3) is 3.32. The fourth-order valence-electron chi connectivity index (χ4n) is 4.86. The third-order valence-corrected chi connectivity index (χ3v) is 7.22. The second-order valence-electron chi connectivity index (χ2n) is 8.13. The van der Waals surface area contributed by atoms with Crippen LogP contribution in [0.4, 0.5) is 0 Å². The van der Waals surface area contributed by atoms with Gasteiger partial charge in [0.2, 0.25) is 0 Å². The van der Waals surface area contributed by atoms with Crippen LogP contribution in [0.1, 0.15) is 48.5 Å². The summed E-state index contributed by atoms with van der Waals surface area (Å²) in [5.41, 5.74) is 3.52. The maximum atomic E-state index is 4.56. The van der Waals surface area contributed by atoms with Gasteiger partial charge in [0.1, 0.15) is 12.2 Å². The summed E-state index contributed by atoms with van der Waals surface area (Å²) < 4.78 is 2.29. The van der Waals surface area contributed by atoms with Gasteiger partial charge in [-0.25, -0.2) is 4.98 Å². The highest BCUT2D eigenvalue weighted by Crippen LogP contribution is 2.49. The van der Waals surface area contributed by atoms with E-state index >= 15 is 0 Å². The minimum absolute atomic E-state index is 0.354. The van der Waals surface area contributed by atoms with Crippen LogP contribution in [0.15, 0.2) is 11.8 Å². The van der Waals surface area contributed by atoms with Crippen LogP contribution >= 0.6 is 11.3 Å². The number of thiazole rings is 1. The number of likely N-dealkylation sites (tertiary alicyclic amines) is 2. The number of hydrogen-bond acceptors (Lipinski definition) is 6. The molecule has 1 atom stereocenters. The molecule has 0 saturated carbocycles. The number of rotatable bonds is 5. The van der Waals surface area contributed by atoms with Crippen molar-refractivity contribution in [2.24, 2.45) is 5.41 Å². The van der Waals surface area contributed by atoms with Gasteiger partial charge in [-0.2, -0.15) is 0 Å². The normalized spacial score (nSPS) is 23.9. The largest absolute Gasteiger partial charge is 0.317 e. The van der Waals surface area contributed by atoms with Gasteiger partial charge in [-0.3, -0.25) is 4.90 Å². The molecule has 0 bridgehead atoms. The average molecular weight is 375 g/mol. The van der Waals surface area contributed by atoms with Crippen molar-refractivity contribution in [2.75, 3.05) is 33.2 Å². The van der Waals surface area contributed by atoms with Gasteiger partial charge in [0, 0.05) is 37.0 Å². The van der Waals surface area contributed by atoms with Crippen molar-refractivity contribution in [1.82, 2.24) is 29.5 Å². The van der Waals surface area contributed by atoms with Gasteiger partial charge >= 0.3 is 0 Å². The van der Waals surface area contributed by atoms with Crippen LogP contribution in [-0.2, 0) is 13.1 Å². The number of likely N-dealkylation sites (N-methyl/N-ethyl adjacent to an activating group) is 1. The number of hydrogen-bond donors (Lipinski definition) is 0. The molecule has 1 spiro atoms. The molecule has 0 aromatic carbocycles. The van der Waals surface area contributed by atoms with Gasteiger partial charge < -0.3 is 9.47 Å². The molecule has 0 N–H and O–H groups in total. The molecule has 0 radical (unpaired) electrons. The smallest absolute Gasteiger partial charge is 0.137 e. The molecule has 2 aromatic heterocycles. The first-order valence-corrected chi connectivity index (χ1v) is 10.7. The molecule has 2 aliphatic rings. The molecule has 7 heteroatoms. The Labute approximate surface area is 160 Å². The lowest BCUT2D eigenvalue weighted by molar-refractivity contribution is 0.0917. The van der Waals surface area contributed by atoms with Crippen LogP contribution in [-0.4, -0.2) is 62.8 Å². The van der Waals surface area contributed by atoms with Crippen LogP contribution in [0.2, 0.25) is 0 Å². The summed E-state index contributed by atoms with van der Waals surface area (Å²) in [4.78, 5) is 10.9. The minimum atomic E-state index is 0.354. The van der Waals surface area contributed by atoms with E-state index in [1.807, 2.05) is 11.8 Å². The molecule has 2 aromatic rings. The van der Waals surface area contributed by atoms with Crippen molar-refractivity contribution in [3.63, 3.8) is 0 Å². The van der Waals surface area contributed by atoms with Crippen molar-refractivity contribution in [2.45, 2.75) is 52.1 Å². The summed E-state index contributed by atoms with van der Waals surface area (Å²) in [6, 6.07) is 0. The maximum absolute atomic E-state index is 4.56. The van der Waals surface area contributed by atoms with Gasteiger partial charge in [-0.15, -0.1) is 21.5 Å². The topological polar surface area (TPSA) is 50.1 Å². The van der Waals surface area contributed by atoms with Crippen molar-refractivity contribution >= 4 is 11.3 Å². The van der Waals surface area contributed by atoms with E-state index in [4.69, 9.17) is 0 Å². The molecular formula is C19H30N6S. The van der Waals surface area contributed by atoms with E-state index in [0.717, 1.165) is 26.1 Å². The lowest BCUT2D eigenvalue weighted by Gasteiger charge is -2.42. The number of aromatic nitrogens is 4. The quantitative estimate of drug-likeness (QED) is 0.805. The van der Waals surface area contributed by atoms with E-state index in [9.17, 15) is 0 Å². The molecule has 142 valence electrons. The Bertz CT molecular complexity index is 730. The number of aryl methyl sites for hydroxylation is 2. The lowest BCUT2D eigenvalue weighted by atomic mass is 9.70. The highest BCUT2D eigenvalue weighted by Gasteiger charge is 2.49. The summed E-state index contributed by atoms with van der Waals surface area (Å²) in [6.07, 6.45) is 5.55. The van der Waals surface area contributed by atoms with Crippen molar-refractivity contribution in [1.29, 1.82) is 0 Å². The second kappa shape index (κ2) is 7.37. The van der Waals surface area contributed by atoms with Crippen molar-refractivity contribution < 1.29 is 0 Å². The minimum Gasteiger partial charge on any atom is -0.317 e. The highest BCUT2D eigenvalue weighted by molar-refractivity contribution is 7.09. The van der Waals surface area contributed by atoms with Crippen molar-refractivity contribution in [3.05, 3.63) is 28.2 Å². The zero-order valence-corrected chi connectivity index (χ0v) is 17.0. The monoisotopic (exact) mass is 374 g/mol. The van der Waals surface area contributed by atoms with E-state index in [-0.39, 0.29) is 0 Å². The van der Waals surface area contributed by atoms with E-state index in [1.165, 1.54) is 48.9 Å². The average Bonchev–Trinajstić information content (AvgIpc) is 3.31. The summed E-state index contributed by atoms with van der Waals surface area (Å²) in [6.45, 7) is 11.1. The molecule has 4 rings (SSSR count). The second-order valence-corrected chi connectivity index (χ2v) is 9.07. The summed E-state index contributed by atoms with van der Waals surface area (Å²) >= 11 is 1.79. The SMILES string of the molecule is CCCn1cnnc1C1CN(C)CC12CCN(Cc1scnc1C)CC2. The molecule has 4 heterocycles. The van der Waals surface area contributed by atoms with Crippen LogP contribution in [0.3, 0.4) is 0 Å². The Morgan fingerprint density at radius 3 is 2.81 bits per heavy atom. The molecule has 2 fully saturated rings. The fraction of sp³-hybridized carbons (Fsp3) is 0.737. The van der Waals surface area contributed by atoms with Crippen LogP contribution in [0, 0.1) is 12.3 Å². The first kappa shape index (κ1) is 18.1.